The fourth-order valence-corrected chi connectivity index (χ4v) is 2.07. The van der Waals surface area contributed by atoms with Crippen molar-refractivity contribution in [2.45, 2.75) is 51.9 Å². The number of hydrogen-bond donors (Lipinski definition) is 2. The second kappa shape index (κ2) is 11.3. The number of hydrogen-bond acceptors (Lipinski definition) is 3. The number of aliphatic carboxylic acids is 1. The molecule has 0 aromatic heterocycles. The van der Waals surface area contributed by atoms with E-state index in [-0.39, 0.29) is 12.7 Å². The molecule has 0 unspecified atom stereocenters. The number of benzene rings is 1. The van der Waals surface area contributed by atoms with E-state index >= 15 is 0 Å². The Morgan fingerprint density at radius 2 is 1.65 bits per heavy atom. The van der Waals surface area contributed by atoms with Crippen LogP contribution in [0.15, 0.2) is 24.3 Å². The van der Waals surface area contributed by atoms with Crippen molar-refractivity contribution >= 4 is 11.7 Å². The highest BCUT2D eigenvalue weighted by molar-refractivity contribution is 5.70. The van der Waals surface area contributed by atoms with Crippen molar-refractivity contribution in [3.63, 3.8) is 0 Å². The van der Waals surface area contributed by atoms with Crippen LogP contribution in [0.2, 0.25) is 0 Å². The standard InChI is InChI=1S/C16H25NO2.H3N/c1-2-3-4-5-6-7-8-14-9-11-15(12-10-14)17-13-16(18)19;/h9-12,17H,2-8,13H2,1H3,(H,18,19);1H3. The van der Waals surface area contributed by atoms with Crippen LogP contribution in [0.5, 0.6) is 0 Å². The molecular weight excluding hydrogens is 252 g/mol. The number of anilines is 1. The molecule has 1 rings (SSSR count). The Bertz CT molecular complexity index is 363. The van der Waals surface area contributed by atoms with Gasteiger partial charge in [-0.05, 0) is 30.5 Å². The molecule has 0 saturated heterocycles. The zero-order valence-corrected chi connectivity index (χ0v) is 12.8. The maximum atomic E-state index is 10.3. The predicted octanol–water partition coefficient (Wildman–Crippen LogP) is 3.13. The minimum absolute atomic E-state index is 0. The lowest BCUT2D eigenvalue weighted by Crippen LogP contribution is -2.30. The van der Waals surface area contributed by atoms with Crippen LogP contribution < -0.4 is 16.6 Å². The maximum Gasteiger partial charge on any atom is 0.0605 e. The number of unbranched alkanes of at least 4 members (excludes halogenated alkanes) is 5. The topological polar surface area (TPSA) is 88.7 Å². The van der Waals surface area contributed by atoms with Gasteiger partial charge in [0.25, 0.3) is 0 Å². The molecule has 0 saturated carbocycles. The van der Waals surface area contributed by atoms with Crippen LogP contribution in [0.3, 0.4) is 0 Å². The van der Waals surface area contributed by atoms with Gasteiger partial charge >= 0.3 is 0 Å². The summed E-state index contributed by atoms with van der Waals surface area (Å²) in [5.41, 5.74) is 2.14. The molecule has 0 aliphatic rings. The third-order valence-corrected chi connectivity index (χ3v) is 3.21. The highest BCUT2D eigenvalue weighted by atomic mass is 16.4. The first-order valence-electron chi connectivity index (χ1n) is 7.25. The minimum Gasteiger partial charge on any atom is -0.548 e. The Hall–Kier alpha value is -1.55. The second-order valence-electron chi connectivity index (χ2n) is 4.94. The zero-order chi connectivity index (χ0) is 13.9. The van der Waals surface area contributed by atoms with E-state index in [1.54, 1.807) is 0 Å². The smallest absolute Gasteiger partial charge is 0.0605 e. The highest BCUT2D eigenvalue weighted by Gasteiger charge is 1.96. The van der Waals surface area contributed by atoms with E-state index in [9.17, 15) is 9.90 Å². The SMILES string of the molecule is CCCCCCCCc1ccc(NCC(=O)[O-])cc1.[NH4+]. The van der Waals surface area contributed by atoms with Gasteiger partial charge < -0.3 is 21.4 Å². The van der Waals surface area contributed by atoms with Crippen molar-refractivity contribution in [3.8, 4) is 0 Å². The van der Waals surface area contributed by atoms with Gasteiger partial charge in [-0.3, -0.25) is 0 Å². The van der Waals surface area contributed by atoms with Crippen molar-refractivity contribution in [2.24, 2.45) is 0 Å². The molecule has 0 heterocycles. The molecule has 0 atom stereocenters. The van der Waals surface area contributed by atoms with Crippen molar-refractivity contribution in [1.82, 2.24) is 6.15 Å². The van der Waals surface area contributed by atoms with Gasteiger partial charge in [-0.2, -0.15) is 0 Å². The van der Waals surface area contributed by atoms with Gasteiger partial charge in [-0.15, -0.1) is 0 Å². The molecule has 1 aromatic carbocycles. The average molecular weight is 280 g/mol. The second-order valence-corrected chi connectivity index (χ2v) is 4.94. The molecule has 114 valence electrons. The van der Waals surface area contributed by atoms with E-state index in [2.05, 4.69) is 24.4 Å². The Labute approximate surface area is 122 Å². The Morgan fingerprint density at radius 1 is 1.05 bits per heavy atom. The number of carboxylic acid groups (broad SMARTS) is 1. The summed E-state index contributed by atoms with van der Waals surface area (Å²) in [6, 6.07) is 7.97. The van der Waals surface area contributed by atoms with Gasteiger partial charge in [0.1, 0.15) is 0 Å². The lowest BCUT2D eigenvalue weighted by atomic mass is 10.0. The van der Waals surface area contributed by atoms with Crippen molar-refractivity contribution in [2.75, 3.05) is 11.9 Å². The number of rotatable bonds is 10. The molecule has 0 bridgehead atoms. The van der Waals surface area contributed by atoms with E-state index in [4.69, 9.17) is 0 Å². The summed E-state index contributed by atoms with van der Waals surface area (Å²) in [7, 11) is 0. The first-order chi connectivity index (χ1) is 9.22. The number of quaternary nitrogens is 1. The van der Waals surface area contributed by atoms with Crippen LogP contribution in [-0.4, -0.2) is 12.5 Å². The third kappa shape index (κ3) is 8.53. The van der Waals surface area contributed by atoms with E-state index in [0.717, 1.165) is 12.1 Å². The summed E-state index contributed by atoms with van der Waals surface area (Å²) in [6.45, 7) is 2.09. The quantitative estimate of drug-likeness (QED) is 0.645. The number of carbonyl (C=O) groups is 1. The summed E-state index contributed by atoms with van der Waals surface area (Å²) >= 11 is 0. The average Bonchev–Trinajstić information content (AvgIpc) is 2.41. The van der Waals surface area contributed by atoms with Gasteiger partial charge in [-0.1, -0.05) is 51.2 Å². The van der Waals surface area contributed by atoms with E-state index in [1.165, 1.54) is 44.1 Å². The van der Waals surface area contributed by atoms with Gasteiger partial charge in [0, 0.05) is 5.69 Å². The number of aryl methyl sites for hydroxylation is 1. The Balaban J connectivity index is 0.00000361. The molecular formula is C16H28N2O2. The van der Waals surface area contributed by atoms with Crippen LogP contribution in [0.25, 0.3) is 0 Å². The predicted molar refractivity (Wildman–Crippen MR) is 83.0 cm³/mol. The molecule has 1 aromatic rings. The van der Waals surface area contributed by atoms with Crippen LogP contribution in [0.1, 0.15) is 51.0 Å². The molecule has 0 aliphatic carbocycles. The van der Waals surface area contributed by atoms with E-state index in [1.807, 2.05) is 12.1 Å². The fourth-order valence-electron chi connectivity index (χ4n) is 2.07. The molecule has 0 amide bonds. The van der Waals surface area contributed by atoms with Gasteiger partial charge in [0.2, 0.25) is 0 Å². The zero-order valence-electron chi connectivity index (χ0n) is 12.8. The van der Waals surface area contributed by atoms with Gasteiger partial charge in [-0.25, -0.2) is 0 Å². The van der Waals surface area contributed by atoms with Gasteiger partial charge in [0.05, 0.1) is 12.5 Å². The van der Waals surface area contributed by atoms with E-state index in [0.29, 0.717) is 0 Å². The Morgan fingerprint density at radius 3 is 2.25 bits per heavy atom. The largest absolute Gasteiger partial charge is 0.548 e. The maximum absolute atomic E-state index is 10.3. The summed E-state index contributed by atoms with van der Waals surface area (Å²) in [5.74, 6) is -1.09. The summed E-state index contributed by atoms with van der Waals surface area (Å²) in [6.07, 6.45) is 8.95. The molecule has 0 fully saturated rings. The lowest BCUT2D eigenvalue weighted by Gasteiger charge is -2.08. The number of carboxylic acids is 1. The van der Waals surface area contributed by atoms with E-state index < -0.39 is 5.97 Å². The van der Waals surface area contributed by atoms with Crippen molar-refractivity contribution in [3.05, 3.63) is 29.8 Å². The monoisotopic (exact) mass is 280 g/mol. The summed E-state index contributed by atoms with van der Waals surface area (Å²) in [5, 5.41) is 13.1. The highest BCUT2D eigenvalue weighted by Crippen LogP contribution is 2.13. The van der Waals surface area contributed by atoms with Crippen molar-refractivity contribution < 1.29 is 9.90 Å². The molecule has 5 N–H and O–H groups in total. The molecule has 4 nitrogen and oxygen atoms in total. The first-order valence-corrected chi connectivity index (χ1v) is 7.25. The number of nitrogens with one attached hydrogen (secondary N) is 1. The van der Waals surface area contributed by atoms with Crippen LogP contribution >= 0.6 is 0 Å². The third-order valence-electron chi connectivity index (χ3n) is 3.21. The van der Waals surface area contributed by atoms with Crippen molar-refractivity contribution in [1.29, 1.82) is 0 Å². The molecule has 20 heavy (non-hydrogen) atoms. The fraction of sp³-hybridized carbons (Fsp3) is 0.562. The van der Waals surface area contributed by atoms with Crippen LogP contribution in [-0.2, 0) is 11.2 Å². The van der Waals surface area contributed by atoms with Crippen LogP contribution in [0, 0.1) is 0 Å². The Kier molecular flexibility index (Phi) is 10.4. The molecule has 0 spiro atoms. The molecule has 4 heteroatoms. The van der Waals surface area contributed by atoms with Gasteiger partial charge in [0.15, 0.2) is 0 Å². The normalized spacial score (nSPS) is 9.85. The summed E-state index contributed by atoms with van der Waals surface area (Å²) in [4.78, 5) is 10.3. The minimum atomic E-state index is -1.09. The molecule has 0 aliphatic heterocycles. The summed E-state index contributed by atoms with van der Waals surface area (Å²) < 4.78 is 0. The lowest BCUT2D eigenvalue weighted by molar-refractivity contribution is -0.302. The number of carbonyl (C=O) groups excluding carboxylic acids is 1. The first kappa shape index (κ1) is 18.4. The molecule has 0 radical (unpaired) electrons. The van der Waals surface area contributed by atoms with Crippen LogP contribution in [0.4, 0.5) is 5.69 Å².